The summed E-state index contributed by atoms with van der Waals surface area (Å²) in [7, 11) is -0.661. The summed E-state index contributed by atoms with van der Waals surface area (Å²) >= 11 is 6.13. The van der Waals surface area contributed by atoms with Crippen LogP contribution in [0.4, 0.5) is 5.69 Å². The fourth-order valence-electron chi connectivity index (χ4n) is 2.87. The maximum atomic E-state index is 12.6. The minimum absolute atomic E-state index is 0.255. The Morgan fingerprint density at radius 1 is 1.14 bits per heavy atom. The standard InChI is InChI=1S/C20H25ClN2O5S/c1-14(20(24)22-12-11-15-5-8-17(27-2)9-6-15)23(29(4,25)26)16-7-10-19(28-3)18(21)13-16/h5-10,13-14H,11-12H2,1-4H3,(H,22,24)/t14-/m0/s1. The second-order valence-electron chi connectivity index (χ2n) is 6.44. The fraction of sp³-hybridized carbons (Fsp3) is 0.350. The van der Waals surface area contributed by atoms with Gasteiger partial charge in [-0.1, -0.05) is 23.7 Å². The molecule has 0 saturated heterocycles. The van der Waals surface area contributed by atoms with Crippen LogP contribution in [0.1, 0.15) is 12.5 Å². The van der Waals surface area contributed by atoms with E-state index in [1.807, 2.05) is 24.3 Å². The van der Waals surface area contributed by atoms with Crippen LogP contribution in [0.15, 0.2) is 42.5 Å². The molecule has 0 aliphatic rings. The smallest absolute Gasteiger partial charge is 0.243 e. The van der Waals surface area contributed by atoms with Gasteiger partial charge in [-0.2, -0.15) is 0 Å². The number of carbonyl (C=O) groups excluding carboxylic acids is 1. The largest absolute Gasteiger partial charge is 0.497 e. The lowest BCUT2D eigenvalue weighted by Crippen LogP contribution is -2.48. The number of sulfonamides is 1. The van der Waals surface area contributed by atoms with Crippen molar-refractivity contribution in [2.45, 2.75) is 19.4 Å². The van der Waals surface area contributed by atoms with Crippen molar-refractivity contribution in [3.05, 3.63) is 53.1 Å². The second-order valence-corrected chi connectivity index (χ2v) is 8.71. The van der Waals surface area contributed by atoms with Gasteiger partial charge in [0, 0.05) is 6.54 Å². The van der Waals surface area contributed by atoms with Gasteiger partial charge >= 0.3 is 0 Å². The number of nitrogens with zero attached hydrogens (tertiary/aromatic N) is 1. The molecular weight excluding hydrogens is 416 g/mol. The van der Waals surface area contributed by atoms with Gasteiger partial charge in [0.1, 0.15) is 17.5 Å². The lowest BCUT2D eigenvalue weighted by atomic mass is 10.1. The molecule has 0 unspecified atom stereocenters. The van der Waals surface area contributed by atoms with Crippen LogP contribution in [-0.4, -0.2) is 47.4 Å². The normalized spacial score (nSPS) is 12.2. The summed E-state index contributed by atoms with van der Waals surface area (Å²) in [5, 5.41) is 3.04. The van der Waals surface area contributed by atoms with Crippen molar-refractivity contribution in [1.82, 2.24) is 5.32 Å². The number of methoxy groups -OCH3 is 2. The molecule has 0 heterocycles. The first-order chi connectivity index (χ1) is 13.7. The fourth-order valence-corrected chi connectivity index (χ4v) is 4.29. The molecule has 2 aromatic carbocycles. The third kappa shape index (κ3) is 6.01. The van der Waals surface area contributed by atoms with Gasteiger partial charge in [0.15, 0.2) is 0 Å². The first-order valence-electron chi connectivity index (χ1n) is 8.91. The Morgan fingerprint density at radius 2 is 1.79 bits per heavy atom. The van der Waals surface area contributed by atoms with E-state index in [0.29, 0.717) is 18.7 Å². The minimum atomic E-state index is -3.72. The predicted molar refractivity (Wildman–Crippen MR) is 114 cm³/mol. The number of carbonyl (C=O) groups is 1. The molecular formula is C20H25ClN2O5S. The average Bonchev–Trinajstić information content (AvgIpc) is 2.67. The molecule has 2 aromatic rings. The maximum Gasteiger partial charge on any atom is 0.243 e. The van der Waals surface area contributed by atoms with Crippen LogP contribution < -0.4 is 19.1 Å². The monoisotopic (exact) mass is 440 g/mol. The van der Waals surface area contributed by atoms with Crippen molar-refractivity contribution in [2.24, 2.45) is 0 Å². The molecule has 0 aliphatic carbocycles. The number of amides is 1. The number of halogens is 1. The van der Waals surface area contributed by atoms with Crippen molar-refractivity contribution < 1.29 is 22.7 Å². The molecule has 0 saturated carbocycles. The molecule has 2 rings (SSSR count). The lowest BCUT2D eigenvalue weighted by molar-refractivity contribution is -0.121. The van der Waals surface area contributed by atoms with Crippen LogP contribution in [0.2, 0.25) is 5.02 Å². The Kier molecular flexibility index (Phi) is 7.75. The van der Waals surface area contributed by atoms with Crippen LogP contribution in [0.5, 0.6) is 11.5 Å². The van der Waals surface area contributed by atoms with Crippen LogP contribution >= 0.6 is 11.6 Å². The molecule has 1 atom stereocenters. The van der Waals surface area contributed by atoms with Gasteiger partial charge in [-0.3, -0.25) is 9.10 Å². The highest BCUT2D eigenvalue weighted by molar-refractivity contribution is 7.92. The number of hydrogen-bond donors (Lipinski definition) is 1. The number of nitrogens with one attached hydrogen (secondary N) is 1. The molecule has 0 aliphatic heterocycles. The van der Waals surface area contributed by atoms with Gasteiger partial charge in [-0.25, -0.2) is 8.42 Å². The topological polar surface area (TPSA) is 84.9 Å². The third-order valence-corrected chi connectivity index (χ3v) is 5.89. The van der Waals surface area contributed by atoms with Gasteiger partial charge in [-0.05, 0) is 49.2 Å². The molecule has 0 radical (unpaired) electrons. The SMILES string of the molecule is COc1ccc(CCNC(=O)[C@H](C)N(c2ccc(OC)c(Cl)c2)S(C)(=O)=O)cc1. The number of benzene rings is 2. The van der Waals surface area contributed by atoms with Gasteiger partial charge in [0.25, 0.3) is 0 Å². The Bertz CT molecular complexity index is 948. The number of ether oxygens (including phenoxy) is 2. The average molecular weight is 441 g/mol. The molecule has 9 heteroatoms. The summed E-state index contributed by atoms with van der Waals surface area (Å²) in [5.74, 6) is 0.768. The van der Waals surface area contributed by atoms with E-state index >= 15 is 0 Å². The van der Waals surface area contributed by atoms with Gasteiger partial charge < -0.3 is 14.8 Å². The van der Waals surface area contributed by atoms with Crippen LogP contribution in [0.3, 0.4) is 0 Å². The maximum absolute atomic E-state index is 12.6. The van der Waals surface area contributed by atoms with Crippen molar-refractivity contribution in [1.29, 1.82) is 0 Å². The molecule has 29 heavy (non-hydrogen) atoms. The molecule has 158 valence electrons. The first-order valence-corrected chi connectivity index (χ1v) is 11.1. The number of rotatable bonds is 9. The van der Waals surface area contributed by atoms with E-state index in [1.54, 1.807) is 19.2 Å². The highest BCUT2D eigenvalue weighted by atomic mass is 35.5. The minimum Gasteiger partial charge on any atom is -0.497 e. The zero-order chi connectivity index (χ0) is 21.6. The van der Waals surface area contributed by atoms with E-state index in [9.17, 15) is 13.2 Å². The zero-order valence-electron chi connectivity index (χ0n) is 16.8. The third-order valence-electron chi connectivity index (χ3n) is 4.35. The van der Waals surface area contributed by atoms with Crippen LogP contribution in [0, 0.1) is 0 Å². The van der Waals surface area contributed by atoms with E-state index < -0.39 is 22.0 Å². The summed E-state index contributed by atoms with van der Waals surface area (Å²) in [6, 6.07) is 11.1. The highest BCUT2D eigenvalue weighted by Gasteiger charge is 2.29. The van der Waals surface area contributed by atoms with Gasteiger partial charge in [0.2, 0.25) is 15.9 Å². The summed E-state index contributed by atoms with van der Waals surface area (Å²) < 4.78 is 36.0. The Hall–Kier alpha value is -2.45. The highest BCUT2D eigenvalue weighted by Crippen LogP contribution is 2.31. The quantitative estimate of drug-likeness (QED) is 0.648. The summed E-state index contributed by atoms with van der Waals surface area (Å²) in [4.78, 5) is 12.6. The van der Waals surface area contributed by atoms with Crippen molar-refractivity contribution >= 4 is 33.2 Å². The van der Waals surface area contributed by atoms with Crippen molar-refractivity contribution in [2.75, 3.05) is 31.3 Å². The van der Waals surface area contributed by atoms with Crippen molar-refractivity contribution in [3.8, 4) is 11.5 Å². The van der Waals surface area contributed by atoms with Gasteiger partial charge in [-0.15, -0.1) is 0 Å². The second kappa shape index (κ2) is 9.84. The van der Waals surface area contributed by atoms with E-state index in [2.05, 4.69) is 5.32 Å². The summed E-state index contributed by atoms with van der Waals surface area (Å²) in [6.45, 7) is 1.90. The molecule has 7 nitrogen and oxygen atoms in total. The summed E-state index contributed by atoms with van der Waals surface area (Å²) in [5.41, 5.74) is 1.32. The number of anilines is 1. The van der Waals surface area contributed by atoms with Crippen LogP contribution in [0.25, 0.3) is 0 Å². The summed E-state index contributed by atoms with van der Waals surface area (Å²) in [6.07, 6.45) is 1.65. The Morgan fingerprint density at radius 3 is 2.31 bits per heavy atom. The molecule has 0 fully saturated rings. The molecule has 1 N–H and O–H groups in total. The number of hydrogen-bond acceptors (Lipinski definition) is 5. The van der Waals surface area contributed by atoms with E-state index in [0.717, 1.165) is 21.9 Å². The Labute approximate surface area is 176 Å². The molecule has 1 amide bonds. The van der Waals surface area contributed by atoms with E-state index in [-0.39, 0.29) is 10.7 Å². The van der Waals surface area contributed by atoms with E-state index in [1.165, 1.54) is 20.1 Å². The molecule has 0 bridgehead atoms. The zero-order valence-corrected chi connectivity index (χ0v) is 18.4. The van der Waals surface area contributed by atoms with E-state index in [4.69, 9.17) is 21.1 Å². The molecule has 0 spiro atoms. The predicted octanol–water partition coefficient (Wildman–Crippen LogP) is 2.87. The molecule has 0 aromatic heterocycles. The van der Waals surface area contributed by atoms with Crippen LogP contribution in [-0.2, 0) is 21.2 Å². The first kappa shape index (κ1) is 22.8. The van der Waals surface area contributed by atoms with Gasteiger partial charge in [0.05, 0.1) is 31.2 Å². The lowest BCUT2D eigenvalue weighted by Gasteiger charge is -2.28. The van der Waals surface area contributed by atoms with Crippen molar-refractivity contribution in [3.63, 3.8) is 0 Å². The Balaban J connectivity index is 2.09.